The molecule has 1 amide bonds. The molecule has 2 fully saturated rings. The molecule has 1 saturated heterocycles. The molecular weight excluding hydrogens is 515 g/mol. The lowest BCUT2D eigenvalue weighted by Crippen LogP contribution is -2.49. The van der Waals surface area contributed by atoms with Crippen LogP contribution < -0.4 is 4.90 Å². The second kappa shape index (κ2) is 10.4. The first kappa shape index (κ1) is 25.4. The normalized spacial score (nSPS) is 18.6. The molecule has 0 spiro atoms. The molecule has 0 N–H and O–H groups in total. The van der Waals surface area contributed by atoms with Crippen LogP contribution in [0.5, 0.6) is 0 Å². The van der Waals surface area contributed by atoms with Crippen LogP contribution in [0.15, 0.2) is 84.9 Å². The van der Waals surface area contributed by atoms with Gasteiger partial charge in [0.25, 0.3) is 0 Å². The summed E-state index contributed by atoms with van der Waals surface area (Å²) in [6.07, 6.45) is 1.51. The average molecular weight is 547 g/mol. The van der Waals surface area contributed by atoms with E-state index in [1.807, 2.05) is 48.2 Å². The molecule has 2 aromatic heterocycles. The molecule has 2 aliphatic rings. The fraction of sp³-hybridized carbons (Fsp3) is 0.273. The maximum atomic E-state index is 13.7. The Hall–Kier alpha value is -4.59. The first-order chi connectivity index (χ1) is 20.0. The fourth-order valence-electron chi connectivity index (χ4n) is 5.96. The number of piperazine rings is 1. The Morgan fingerprint density at radius 3 is 2.27 bits per heavy atom. The molecule has 206 valence electrons. The molecule has 7 nitrogen and oxygen atoms in total. The fourth-order valence-corrected chi connectivity index (χ4v) is 5.96. The zero-order valence-corrected chi connectivity index (χ0v) is 22.9. The molecule has 5 aromatic rings. The van der Waals surface area contributed by atoms with Crippen LogP contribution in [0.3, 0.4) is 0 Å². The molecule has 41 heavy (non-hydrogen) atoms. The molecule has 1 saturated carbocycles. The minimum atomic E-state index is -0.296. The number of halogens is 1. The minimum Gasteiger partial charge on any atom is -0.352 e. The Morgan fingerprint density at radius 2 is 1.56 bits per heavy atom. The predicted molar refractivity (Wildman–Crippen MR) is 157 cm³/mol. The van der Waals surface area contributed by atoms with Crippen LogP contribution in [-0.4, -0.2) is 56.7 Å². The number of hydrogen-bond donors (Lipinski definition) is 0. The Balaban J connectivity index is 1.18. The van der Waals surface area contributed by atoms with Crippen molar-refractivity contribution in [2.24, 2.45) is 5.92 Å². The topological polar surface area (TPSA) is 67.2 Å². The van der Waals surface area contributed by atoms with Crippen LogP contribution in [0, 0.1) is 18.7 Å². The van der Waals surface area contributed by atoms with E-state index in [1.54, 1.807) is 16.8 Å². The average Bonchev–Trinajstić information content (AvgIpc) is 3.75. The lowest BCUT2D eigenvalue weighted by Gasteiger charge is -2.36. The molecule has 0 radical (unpaired) electrons. The van der Waals surface area contributed by atoms with Crippen LogP contribution >= 0.6 is 0 Å². The third-order valence-electron chi connectivity index (χ3n) is 8.23. The van der Waals surface area contributed by atoms with E-state index in [0.29, 0.717) is 50.0 Å². The van der Waals surface area contributed by atoms with Crippen molar-refractivity contribution in [3.05, 3.63) is 113 Å². The molecule has 2 atom stereocenters. The van der Waals surface area contributed by atoms with Gasteiger partial charge in [-0.1, -0.05) is 60.7 Å². The third-order valence-corrected chi connectivity index (χ3v) is 8.23. The van der Waals surface area contributed by atoms with E-state index in [2.05, 4.69) is 29.2 Å². The third kappa shape index (κ3) is 4.94. The van der Waals surface area contributed by atoms with Crippen molar-refractivity contribution in [1.29, 1.82) is 0 Å². The highest BCUT2D eigenvalue weighted by Crippen LogP contribution is 2.48. The van der Waals surface area contributed by atoms with Crippen molar-refractivity contribution < 1.29 is 9.18 Å². The summed E-state index contributed by atoms with van der Waals surface area (Å²) in [6, 6.07) is 26.8. The van der Waals surface area contributed by atoms with Gasteiger partial charge < -0.3 is 9.80 Å². The smallest absolute Gasteiger partial charge is 0.226 e. The van der Waals surface area contributed by atoms with Crippen LogP contribution in [0.1, 0.15) is 35.0 Å². The Morgan fingerprint density at radius 1 is 0.878 bits per heavy atom. The minimum absolute atomic E-state index is 0.0865. The van der Waals surface area contributed by atoms with Gasteiger partial charge in [-0.15, -0.1) is 0 Å². The van der Waals surface area contributed by atoms with Gasteiger partial charge in [0.1, 0.15) is 17.5 Å². The highest BCUT2D eigenvalue weighted by molar-refractivity contribution is 5.91. The van der Waals surface area contributed by atoms with Crippen molar-refractivity contribution in [2.75, 3.05) is 31.1 Å². The standard InChI is InChI=1S/C33H31FN6O/c1-22-30-31(38-16-18-39(19-17-38)33(41)28-21-27(28)24-10-6-3-7-11-24)35-29(20-23-8-4-2-5-9-23)36-32(30)40(37-22)26-14-12-25(34)13-15-26/h2-15,27-28H,16-21H2,1H3/t27-,28?/m0/s1. The molecule has 1 aliphatic carbocycles. The second-order valence-corrected chi connectivity index (χ2v) is 11.0. The first-order valence-electron chi connectivity index (χ1n) is 14.2. The number of rotatable bonds is 6. The van der Waals surface area contributed by atoms with Crippen molar-refractivity contribution in [1.82, 2.24) is 24.6 Å². The quantitative estimate of drug-likeness (QED) is 0.289. The highest BCUT2D eigenvalue weighted by Gasteiger charge is 2.46. The lowest BCUT2D eigenvalue weighted by molar-refractivity contribution is -0.133. The van der Waals surface area contributed by atoms with Crippen LogP contribution in [-0.2, 0) is 11.2 Å². The molecule has 3 aromatic carbocycles. The van der Waals surface area contributed by atoms with Gasteiger partial charge in [-0.05, 0) is 54.7 Å². The molecule has 7 rings (SSSR count). The molecule has 8 heteroatoms. The molecule has 1 unspecified atom stereocenters. The van der Waals surface area contributed by atoms with E-state index in [-0.39, 0.29) is 17.6 Å². The summed E-state index contributed by atoms with van der Waals surface area (Å²) in [7, 11) is 0. The number of benzene rings is 3. The van der Waals surface area contributed by atoms with E-state index >= 15 is 0 Å². The summed E-state index contributed by atoms with van der Waals surface area (Å²) in [5, 5.41) is 5.69. The summed E-state index contributed by atoms with van der Waals surface area (Å²) >= 11 is 0. The number of carbonyl (C=O) groups is 1. The number of amides is 1. The zero-order valence-electron chi connectivity index (χ0n) is 22.9. The van der Waals surface area contributed by atoms with E-state index in [9.17, 15) is 9.18 Å². The summed E-state index contributed by atoms with van der Waals surface area (Å²) < 4.78 is 15.5. The van der Waals surface area contributed by atoms with Gasteiger partial charge in [0, 0.05) is 38.5 Å². The van der Waals surface area contributed by atoms with E-state index < -0.39 is 0 Å². The molecule has 0 bridgehead atoms. The van der Waals surface area contributed by atoms with Gasteiger partial charge in [0.05, 0.1) is 16.8 Å². The first-order valence-corrected chi connectivity index (χ1v) is 14.2. The maximum absolute atomic E-state index is 13.7. The van der Waals surface area contributed by atoms with Crippen LogP contribution in [0.2, 0.25) is 0 Å². The number of carbonyl (C=O) groups excluding carboxylic acids is 1. The molecular formula is C33H31FN6O. The van der Waals surface area contributed by atoms with Gasteiger partial charge in [-0.2, -0.15) is 5.10 Å². The van der Waals surface area contributed by atoms with Crippen molar-refractivity contribution in [2.45, 2.75) is 25.7 Å². The van der Waals surface area contributed by atoms with Gasteiger partial charge in [-0.3, -0.25) is 4.79 Å². The lowest BCUT2D eigenvalue weighted by atomic mass is 10.1. The summed E-state index contributed by atoms with van der Waals surface area (Å²) in [5.74, 6) is 1.93. The zero-order chi connectivity index (χ0) is 27.9. The molecule has 3 heterocycles. The van der Waals surface area contributed by atoms with Crippen molar-refractivity contribution in [3.8, 4) is 5.69 Å². The number of aryl methyl sites for hydroxylation is 1. The van der Waals surface area contributed by atoms with Crippen LogP contribution in [0.25, 0.3) is 16.7 Å². The maximum Gasteiger partial charge on any atom is 0.226 e. The van der Waals surface area contributed by atoms with Gasteiger partial charge in [0.15, 0.2) is 5.65 Å². The predicted octanol–water partition coefficient (Wildman–Crippen LogP) is 5.31. The monoisotopic (exact) mass is 546 g/mol. The van der Waals surface area contributed by atoms with Gasteiger partial charge >= 0.3 is 0 Å². The second-order valence-electron chi connectivity index (χ2n) is 11.0. The van der Waals surface area contributed by atoms with E-state index in [1.165, 1.54) is 17.7 Å². The Bertz CT molecular complexity index is 1700. The number of aromatic nitrogens is 4. The van der Waals surface area contributed by atoms with E-state index in [0.717, 1.165) is 34.6 Å². The Kier molecular flexibility index (Phi) is 6.46. The van der Waals surface area contributed by atoms with Crippen LogP contribution in [0.4, 0.5) is 10.2 Å². The van der Waals surface area contributed by atoms with Gasteiger partial charge in [-0.25, -0.2) is 19.0 Å². The molecule has 1 aliphatic heterocycles. The number of nitrogens with zero attached hydrogens (tertiary/aromatic N) is 6. The van der Waals surface area contributed by atoms with Crippen molar-refractivity contribution in [3.63, 3.8) is 0 Å². The summed E-state index contributed by atoms with van der Waals surface area (Å²) in [4.78, 5) is 27.6. The summed E-state index contributed by atoms with van der Waals surface area (Å²) in [5.41, 5.74) is 4.63. The number of anilines is 1. The summed E-state index contributed by atoms with van der Waals surface area (Å²) in [6.45, 7) is 4.64. The largest absolute Gasteiger partial charge is 0.352 e. The Labute approximate surface area is 238 Å². The number of hydrogen-bond acceptors (Lipinski definition) is 5. The SMILES string of the molecule is Cc1nn(-c2ccc(F)cc2)c2nc(Cc3ccccc3)nc(N3CCN(C(=O)C4C[C@H]4c4ccccc4)CC3)c12. The number of fused-ring (bicyclic) bond motifs is 1. The van der Waals surface area contributed by atoms with Crippen molar-refractivity contribution >= 4 is 22.8 Å². The van der Waals surface area contributed by atoms with E-state index in [4.69, 9.17) is 15.1 Å². The highest BCUT2D eigenvalue weighted by atomic mass is 19.1. The van der Waals surface area contributed by atoms with Gasteiger partial charge in [0.2, 0.25) is 5.91 Å².